The van der Waals surface area contributed by atoms with Crippen molar-refractivity contribution in [3.05, 3.63) is 0 Å². The van der Waals surface area contributed by atoms with E-state index in [1.54, 1.807) is 11.8 Å². The minimum atomic E-state index is -1.02. The Morgan fingerprint density at radius 1 is 1.43 bits per heavy atom. The van der Waals surface area contributed by atoms with Gasteiger partial charge in [0, 0.05) is 19.0 Å². The van der Waals surface area contributed by atoms with Crippen molar-refractivity contribution in [1.82, 2.24) is 10.2 Å². The van der Waals surface area contributed by atoms with E-state index in [9.17, 15) is 14.4 Å². The summed E-state index contributed by atoms with van der Waals surface area (Å²) in [6, 6.07) is 0.331. The molecule has 0 spiro atoms. The standard InChI is InChI=1S/C15H24N2O4/c1-4-7-15(2,14(20)21-3)16-13(19)10-8-12(18)17(9-10)11-5-6-11/h10-11H,4-9H2,1-3H3,(H,16,19). The molecular weight excluding hydrogens is 272 g/mol. The van der Waals surface area contributed by atoms with E-state index in [4.69, 9.17) is 4.74 Å². The number of rotatable bonds is 6. The first-order chi connectivity index (χ1) is 9.91. The van der Waals surface area contributed by atoms with Crippen LogP contribution in [0, 0.1) is 5.92 Å². The van der Waals surface area contributed by atoms with Crippen LogP contribution in [-0.2, 0) is 19.1 Å². The third kappa shape index (κ3) is 3.36. The number of nitrogens with zero attached hydrogens (tertiary/aromatic N) is 1. The number of likely N-dealkylation sites (tertiary alicyclic amines) is 1. The number of amides is 2. The van der Waals surface area contributed by atoms with Crippen LogP contribution in [0.2, 0.25) is 0 Å². The minimum Gasteiger partial charge on any atom is -0.467 e. The Bertz CT molecular complexity index is 447. The highest BCUT2D eigenvalue weighted by atomic mass is 16.5. The van der Waals surface area contributed by atoms with Crippen molar-refractivity contribution in [3.8, 4) is 0 Å². The average molecular weight is 296 g/mol. The number of esters is 1. The smallest absolute Gasteiger partial charge is 0.331 e. The number of hydrogen-bond donors (Lipinski definition) is 1. The highest BCUT2D eigenvalue weighted by Gasteiger charge is 2.44. The molecule has 6 nitrogen and oxygen atoms in total. The molecule has 1 aliphatic heterocycles. The Labute approximate surface area is 125 Å². The molecule has 2 atom stereocenters. The summed E-state index contributed by atoms with van der Waals surface area (Å²) in [5.74, 6) is -0.985. The predicted octanol–water partition coefficient (Wildman–Crippen LogP) is 0.845. The fraction of sp³-hybridized carbons (Fsp3) is 0.800. The van der Waals surface area contributed by atoms with Crippen molar-refractivity contribution in [2.45, 2.75) is 57.5 Å². The molecule has 2 unspecified atom stereocenters. The topological polar surface area (TPSA) is 75.7 Å². The highest BCUT2D eigenvalue weighted by Crippen LogP contribution is 2.32. The van der Waals surface area contributed by atoms with Crippen molar-refractivity contribution in [3.63, 3.8) is 0 Å². The SMILES string of the molecule is CCCC(C)(NC(=O)C1CC(=O)N(C2CC2)C1)C(=O)OC. The fourth-order valence-electron chi connectivity index (χ4n) is 2.96. The minimum absolute atomic E-state index is 0.0490. The summed E-state index contributed by atoms with van der Waals surface area (Å²) in [6.07, 6.45) is 3.58. The van der Waals surface area contributed by atoms with Gasteiger partial charge in [-0.15, -0.1) is 0 Å². The van der Waals surface area contributed by atoms with E-state index in [2.05, 4.69) is 5.32 Å². The molecule has 1 heterocycles. The normalized spacial score (nSPS) is 24.6. The van der Waals surface area contributed by atoms with Crippen molar-refractivity contribution >= 4 is 17.8 Å². The maximum Gasteiger partial charge on any atom is 0.331 e. The monoisotopic (exact) mass is 296 g/mol. The Morgan fingerprint density at radius 2 is 2.10 bits per heavy atom. The van der Waals surface area contributed by atoms with E-state index in [1.165, 1.54) is 7.11 Å². The number of hydrogen-bond acceptors (Lipinski definition) is 4. The zero-order chi connectivity index (χ0) is 15.6. The Kier molecular flexibility index (Phi) is 4.54. The van der Waals surface area contributed by atoms with Crippen molar-refractivity contribution in [2.75, 3.05) is 13.7 Å². The Morgan fingerprint density at radius 3 is 2.62 bits per heavy atom. The van der Waals surface area contributed by atoms with Crippen LogP contribution in [0.1, 0.15) is 46.0 Å². The van der Waals surface area contributed by atoms with Gasteiger partial charge in [0.05, 0.1) is 13.0 Å². The van der Waals surface area contributed by atoms with E-state index in [0.29, 0.717) is 19.0 Å². The summed E-state index contributed by atoms with van der Waals surface area (Å²) < 4.78 is 4.79. The van der Waals surface area contributed by atoms with Crippen molar-refractivity contribution in [2.24, 2.45) is 5.92 Å². The second-order valence-corrected chi connectivity index (χ2v) is 6.24. The van der Waals surface area contributed by atoms with Gasteiger partial charge in [-0.1, -0.05) is 13.3 Å². The van der Waals surface area contributed by atoms with Gasteiger partial charge < -0.3 is 15.0 Å². The summed E-state index contributed by atoms with van der Waals surface area (Å²) in [5.41, 5.74) is -1.02. The molecule has 21 heavy (non-hydrogen) atoms. The van der Waals surface area contributed by atoms with E-state index >= 15 is 0 Å². The summed E-state index contributed by atoms with van der Waals surface area (Å²) in [6.45, 7) is 4.09. The van der Waals surface area contributed by atoms with Crippen LogP contribution < -0.4 is 5.32 Å². The first-order valence-electron chi connectivity index (χ1n) is 7.61. The molecule has 2 amide bonds. The lowest BCUT2D eigenvalue weighted by Gasteiger charge is -2.28. The van der Waals surface area contributed by atoms with Gasteiger partial charge in [-0.25, -0.2) is 4.79 Å². The molecule has 2 fully saturated rings. The summed E-state index contributed by atoms with van der Waals surface area (Å²) >= 11 is 0. The maximum atomic E-state index is 12.4. The van der Waals surface area contributed by atoms with Crippen LogP contribution in [0.25, 0.3) is 0 Å². The van der Waals surface area contributed by atoms with Gasteiger partial charge in [-0.3, -0.25) is 9.59 Å². The van der Waals surface area contributed by atoms with Crippen LogP contribution in [0.15, 0.2) is 0 Å². The average Bonchev–Trinajstić information content (AvgIpc) is 3.20. The lowest BCUT2D eigenvalue weighted by Crippen LogP contribution is -2.54. The molecule has 1 saturated carbocycles. The molecule has 0 aromatic carbocycles. The molecular formula is C15H24N2O4. The first-order valence-corrected chi connectivity index (χ1v) is 7.61. The zero-order valence-electron chi connectivity index (χ0n) is 13.0. The Balaban J connectivity index is 1.99. The molecule has 1 aliphatic carbocycles. The molecule has 6 heteroatoms. The van der Waals surface area contributed by atoms with Crippen molar-refractivity contribution < 1.29 is 19.1 Å². The molecule has 1 N–H and O–H groups in total. The van der Waals surface area contributed by atoms with Gasteiger partial charge in [0.25, 0.3) is 0 Å². The van der Waals surface area contributed by atoms with E-state index in [1.807, 2.05) is 6.92 Å². The van der Waals surface area contributed by atoms with Crippen LogP contribution in [-0.4, -0.2) is 47.9 Å². The summed E-state index contributed by atoms with van der Waals surface area (Å²) in [5, 5.41) is 2.80. The number of methoxy groups -OCH3 is 1. The number of ether oxygens (including phenoxy) is 1. The van der Waals surface area contributed by atoms with Gasteiger partial charge in [0.15, 0.2) is 0 Å². The Hall–Kier alpha value is -1.59. The number of carbonyl (C=O) groups excluding carboxylic acids is 3. The number of nitrogens with one attached hydrogen (secondary N) is 1. The van der Waals surface area contributed by atoms with Crippen LogP contribution in [0.3, 0.4) is 0 Å². The number of carbonyl (C=O) groups is 3. The van der Waals surface area contributed by atoms with Gasteiger partial charge in [0.1, 0.15) is 5.54 Å². The predicted molar refractivity (Wildman–Crippen MR) is 76.3 cm³/mol. The van der Waals surface area contributed by atoms with Gasteiger partial charge in [0.2, 0.25) is 11.8 Å². The van der Waals surface area contributed by atoms with Crippen LogP contribution in [0.5, 0.6) is 0 Å². The second-order valence-electron chi connectivity index (χ2n) is 6.24. The molecule has 0 radical (unpaired) electrons. The van der Waals surface area contributed by atoms with Gasteiger partial charge in [-0.05, 0) is 26.2 Å². The first kappa shape index (κ1) is 15.8. The maximum absolute atomic E-state index is 12.4. The fourth-order valence-corrected chi connectivity index (χ4v) is 2.96. The third-order valence-electron chi connectivity index (χ3n) is 4.30. The molecule has 0 bridgehead atoms. The van der Waals surface area contributed by atoms with E-state index < -0.39 is 11.5 Å². The molecule has 2 aliphatic rings. The lowest BCUT2D eigenvalue weighted by atomic mass is 9.94. The van der Waals surface area contributed by atoms with Crippen LogP contribution >= 0.6 is 0 Å². The third-order valence-corrected chi connectivity index (χ3v) is 4.30. The molecule has 0 aromatic rings. The lowest BCUT2D eigenvalue weighted by molar-refractivity contribution is -0.151. The quantitative estimate of drug-likeness (QED) is 0.737. The van der Waals surface area contributed by atoms with E-state index in [-0.39, 0.29) is 24.2 Å². The molecule has 1 saturated heterocycles. The van der Waals surface area contributed by atoms with Gasteiger partial charge >= 0.3 is 5.97 Å². The largest absolute Gasteiger partial charge is 0.467 e. The van der Waals surface area contributed by atoms with Crippen LogP contribution in [0.4, 0.5) is 0 Å². The molecule has 0 aromatic heterocycles. The zero-order valence-corrected chi connectivity index (χ0v) is 13.0. The van der Waals surface area contributed by atoms with Gasteiger partial charge in [-0.2, -0.15) is 0 Å². The highest BCUT2D eigenvalue weighted by molar-refractivity contribution is 5.93. The summed E-state index contributed by atoms with van der Waals surface area (Å²) in [7, 11) is 1.32. The molecule has 118 valence electrons. The summed E-state index contributed by atoms with van der Waals surface area (Å²) in [4.78, 5) is 38.0. The van der Waals surface area contributed by atoms with E-state index in [0.717, 1.165) is 19.3 Å². The molecule has 2 rings (SSSR count). The second kappa shape index (κ2) is 6.03. The van der Waals surface area contributed by atoms with Crippen molar-refractivity contribution in [1.29, 1.82) is 0 Å².